The first-order chi connectivity index (χ1) is 13.2. The van der Waals surface area contributed by atoms with Crippen LogP contribution in [0.2, 0.25) is 0 Å². The van der Waals surface area contributed by atoms with Crippen LogP contribution >= 0.6 is 21.5 Å². The maximum absolute atomic E-state index is 4.21. The second-order valence-electron chi connectivity index (χ2n) is 6.74. The van der Waals surface area contributed by atoms with Crippen LogP contribution in [0, 0.1) is 0 Å². The van der Waals surface area contributed by atoms with Gasteiger partial charge in [0, 0.05) is 0 Å². The molecule has 3 rings (SSSR count). The van der Waals surface area contributed by atoms with Gasteiger partial charge in [0.2, 0.25) is 0 Å². The summed E-state index contributed by atoms with van der Waals surface area (Å²) >= 11 is 4.21. The molecule has 0 amide bonds. The van der Waals surface area contributed by atoms with Gasteiger partial charge in [0.1, 0.15) is 15.9 Å². The normalized spacial score (nSPS) is 11.8. The standard InChI is InChI=1S/C25H27BrP/c1-2-3-4-5-8-13-22-18-20-25(21-19-22)27(26,23-14-9-6-10-15-23)24-16-11-7-12-17-24/h5-12,14-21H,2-4,13H2,1H3/q+1/b8-5-. The molecule has 3 aromatic rings. The van der Waals surface area contributed by atoms with E-state index in [1.54, 1.807) is 0 Å². The summed E-state index contributed by atoms with van der Waals surface area (Å²) in [6.07, 6.45) is 9.35. The Bertz CT molecular complexity index is 799. The molecule has 0 saturated carbocycles. The molecule has 3 aromatic carbocycles. The number of hydrogen-bond acceptors (Lipinski definition) is 0. The highest BCUT2D eigenvalue weighted by Crippen LogP contribution is 2.62. The Hall–Kier alpha value is -1.69. The lowest BCUT2D eigenvalue weighted by atomic mass is 10.1. The fourth-order valence-electron chi connectivity index (χ4n) is 3.21. The van der Waals surface area contributed by atoms with E-state index in [2.05, 4.69) is 119 Å². The van der Waals surface area contributed by atoms with Crippen LogP contribution in [0.5, 0.6) is 0 Å². The highest BCUT2D eigenvalue weighted by molar-refractivity contribution is 9.44. The predicted octanol–water partition coefficient (Wildman–Crippen LogP) is 6.58. The third kappa shape index (κ3) is 4.98. The van der Waals surface area contributed by atoms with Gasteiger partial charge in [0.25, 0.3) is 0 Å². The van der Waals surface area contributed by atoms with Crippen molar-refractivity contribution in [3.63, 3.8) is 0 Å². The number of benzene rings is 3. The number of hydrogen-bond donors (Lipinski definition) is 0. The Balaban J connectivity index is 1.89. The Labute approximate surface area is 172 Å². The van der Waals surface area contributed by atoms with Gasteiger partial charge < -0.3 is 0 Å². The minimum absolute atomic E-state index is 1.01. The van der Waals surface area contributed by atoms with E-state index in [1.807, 2.05) is 0 Å². The van der Waals surface area contributed by atoms with Crippen LogP contribution in [0.25, 0.3) is 0 Å². The van der Waals surface area contributed by atoms with Crippen molar-refractivity contribution in [2.24, 2.45) is 0 Å². The molecule has 0 radical (unpaired) electrons. The number of unbranched alkanes of at least 4 members (excludes halogenated alkanes) is 2. The Morgan fingerprint density at radius 3 is 1.74 bits per heavy atom. The monoisotopic (exact) mass is 437 g/mol. The molecule has 0 aliphatic carbocycles. The molecule has 0 heterocycles. The Kier molecular flexibility index (Phi) is 7.44. The molecule has 0 unspecified atom stereocenters. The molecule has 0 aromatic heterocycles. The molecule has 0 nitrogen and oxygen atoms in total. The molecule has 0 bridgehead atoms. The van der Waals surface area contributed by atoms with Crippen molar-refractivity contribution in [1.29, 1.82) is 0 Å². The zero-order chi connectivity index (χ0) is 19.0. The van der Waals surface area contributed by atoms with Gasteiger partial charge in [0.15, 0.2) is 21.5 Å². The van der Waals surface area contributed by atoms with Gasteiger partial charge in [0.05, 0.1) is 0 Å². The molecule has 0 N–H and O–H groups in total. The topological polar surface area (TPSA) is 0 Å². The summed E-state index contributed by atoms with van der Waals surface area (Å²) in [5.74, 6) is -1.79. The van der Waals surface area contributed by atoms with Crippen molar-refractivity contribution in [3.8, 4) is 0 Å². The third-order valence-corrected chi connectivity index (χ3v) is 11.5. The minimum atomic E-state index is -1.79. The van der Waals surface area contributed by atoms with E-state index in [-0.39, 0.29) is 0 Å². The summed E-state index contributed by atoms with van der Waals surface area (Å²) in [7, 11) is 0. The van der Waals surface area contributed by atoms with E-state index in [9.17, 15) is 0 Å². The molecule has 2 heteroatoms. The van der Waals surface area contributed by atoms with Crippen LogP contribution in [0.1, 0.15) is 31.7 Å². The first-order valence-corrected chi connectivity index (χ1v) is 13.5. The molecule has 0 saturated heterocycles. The zero-order valence-electron chi connectivity index (χ0n) is 15.9. The molecule has 0 aliphatic heterocycles. The lowest BCUT2D eigenvalue weighted by Gasteiger charge is -2.20. The number of allylic oxidation sites excluding steroid dienone is 2. The fraction of sp³-hybridized carbons (Fsp3) is 0.200. The molecule has 0 aliphatic rings. The number of rotatable bonds is 8. The quantitative estimate of drug-likeness (QED) is 0.212. The van der Waals surface area contributed by atoms with Crippen LogP contribution in [-0.2, 0) is 6.42 Å². The maximum atomic E-state index is 4.21. The summed E-state index contributed by atoms with van der Waals surface area (Å²) in [6, 6.07) is 30.8. The third-order valence-electron chi connectivity index (χ3n) is 4.76. The van der Waals surface area contributed by atoms with E-state index < -0.39 is 5.96 Å². The Morgan fingerprint density at radius 2 is 1.22 bits per heavy atom. The summed E-state index contributed by atoms with van der Waals surface area (Å²) in [5, 5.41) is 4.06. The summed E-state index contributed by atoms with van der Waals surface area (Å²) < 4.78 is 0. The van der Waals surface area contributed by atoms with Crippen LogP contribution in [-0.4, -0.2) is 0 Å². The average molecular weight is 438 g/mol. The van der Waals surface area contributed by atoms with E-state index in [4.69, 9.17) is 0 Å². The van der Waals surface area contributed by atoms with Crippen LogP contribution < -0.4 is 15.9 Å². The molecule has 27 heavy (non-hydrogen) atoms. The zero-order valence-corrected chi connectivity index (χ0v) is 18.4. The lowest BCUT2D eigenvalue weighted by molar-refractivity contribution is 0.813. The molecular formula is C25H27BrP+. The van der Waals surface area contributed by atoms with Gasteiger partial charge in [-0.05, 0) is 54.8 Å². The van der Waals surface area contributed by atoms with Crippen LogP contribution in [0.4, 0.5) is 0 Å². The van der Waals surface area contributed by atoms with E-state index in [0.29, 0.717) is 0 Å². The van der Waals surface area contributed by atoms with Crippen molar-refractivity contribution < 1.29 is 0 Å². The van der Waals surface area contributed by atoms with E-state index >= 15 is 0 Å². The SMILES string of the molecule is CCCC/C=C\Cc1ccc([P+](Br)(c2ccccc2)c2ccccc2)cc1. The first kappa shape index (κ1) is 20.1. The fourth-order valence-corrected chi connectivity index (χ4v) is 7.96. The van der Waals surface area contributed by atoms with Gasteiger partial charge >= 0.3 is 0 Å². The van der Waals surface area contributed by atoms with E-state index in [0.717, 1.165) is 6.42 Å². The van der Waals surface area contributed by atoms with Gasteiger partial charge in [-0.25, -0.2) is 0 Å². The largest absolute Gasteiger partial charge is 0.181 e. The van der Waals surface area contributed by atoms with Gasteiger partial charge in [-0.2, -0.15) is 0 Å². The highest BCUT2D eigenvalue weighted by atomic mass is 79.9. The van der Waals surface area contributed by atoms with Crippen molar-refractivity contribution in [2.75, 3.05) is 0 Å². The second-order valence-corrected chi connectivity index (χ2v) is 12.7. The maximum Gasteiger partial charge on any atom is 0.181 e. The van der Waals surface area contributed by atoms with Gasteiger partial charge in [-0.1, -0.05) is 80.4 Å². The van der Waals surface area contributed by atoms with Gasteiger partial charge in [-0.3, -0.25) is 0 Å². The molecule has 0 fully saturated rings. The van der Waals surface area contributed by atoms with Gasteiger partial charge in [-0.15, -0.1) is 0 Å². The van der Waals surface area contributed by atoms with E-state index in [1.165, 1.54) is 40.7 Å². The van der Waals surface area contributed by atoms with Crippen molar-refractivity contribution in [1.82, 2.24) is 0 Å². The van der Waals surface area contributed by atoms with Crippen LogP contribution in [0.15, 0.2) is 97.1 Å². The van der Waals surface area contributed by atoms with Crippen LogP contribution in [0.3, 0.4) is 0 Å². The minimum Gasteiger partial charge on any atom is -0.0882 e. The summed E-state index contributed by atoms with van der Waals surface area (Å²) in [6.45, 7) is 2.24. The predicted molar refractivity (Wildman–Crippen MR) is 126 cm³/mol. The number of halogens is 1. The molecule has 0 spiro atoms. The smallest absolute Gasteiger partial charge is 0.0882 e. The Morgan fingerprint density at radius 1 is 0.704 bits per heavy atom. The summed E-state index contributed by atoms with van der Waals surface area (Å²) in [5.41, 5.74) is 1.37. The average Bonchev–Trinajstić information content (AvgIpc) is 2.75. The first-order valence-electron chi connectivity index (χ1n) is 9.69. The molecule has 138 valence electrons. The second kappa shape index (κ2) is 10.0. The molecule has 0 atom stereocenters. The van der Waals surface area contributed by atoms with Crippen molar-refractivity contribution in [3.05, 3.63) is 103 Å². The van der Waals surface area contributed by atoms with Crippen molar-refractivity contribution >= 4 is 37.4 Å². The lowest BCUT2D eigenvalue weighted by Crippen LogP contribution is -2.26. The summed E-state index contributed by atoms with van der Waals surface area (Å²) in [4.78, 5) is 0. The van der Waals surface area contributed by atoms with Crippen molar-refractivity contribution in [2.45, 2.75) is 32.6 Å². The molecular weight excluding hydrogens is 411 g/mol. The highest BCUT2D eigenvalue weighted by Gasteiger charge is 2.43.